The van der Waals surface area contributed by atoms with Gasteiger partial charge in [0.25, 0.3) is 0 Å². The molecule has 28 heavy (non-hydrogen) atoms. The Kier molecular flexibility index (Phi) is 9.44. The predicted molar refractivity (Wildman–Crippen MR) is 127 cm³/mol. The van der Waals surface area contributed by atoms with Gasteiger partial charge in [-0.2, -0.15) is 10.2 Å². The molecular weight excluding hydrogens is 386 g/mol. The smallest absolute Gasteiger partial charge is 0.187 e. The van der Waals surface area contributed by atoms with Crippen molar-refractivity contribution in [3.8, 4) is 0 Å². The Morgan fingerprint density at radius 3 is 2.21 bits per heavy atom. The molecule has 156 valence electrons. The first-order chi connectivity index (χ1) is 12.9. The molecule has 0 bridgehead atoms. The summed E-state index contributed by atoms with van der Waals surface area (Å²) < 4.78 is 0. The van der Waals surface area contributed by atoms with Gasteiger partial charge in [-0.1, -0.05) is 30.4 Å². The molecule has 1 aromatic carbocycles. The highest BCUT2D eigenvalue weighted by Crippen LogP contribution is 2.13. The summed E-state index contributed by atoms with van der Waals surface area (Å²) in [6, 6.07) is 6.68. The molecule has 7 heteroatoms. The third-order valence-corrected chi connectivity index (χ3v) is 4.54. The average Bonchev–Trinajstić information content (AvgIpc) is 2.57. The third-order valence-electron chi connectivity index (χ3n) is 4.03. The molecule has 3 N–H and O–H groups in total. The first kappa shape index (κ1) is 24.4. The molecule has 0 saturated carbocycles. The van der Waals surface area contributed by atoms with E-state index in [0.29, 0.717) is 5.11 Å². The molecule has 0 aliphatic rings. The fourth-order valence-electron chi connectivity index (χ4n) is 2.37. The van der Waals surface area contributed by atoms with Crippen molar-refractivity contribution in [1.82, 2.24) is 16.2 Å². The maximum atomic E-state index is 5.38. The number of hydrogen-bond donors (Lipinski definition) is 3. The summed E-state index contributed by atoms with van der Waals surface area (Å²) in [4.78, 5) is 0.748. The average molecular weight is 422 g/mol. The molecule has 0 unspecified atom stereocenters. The number of thiocarbonyl (C=S) groups is 2. The normalized spacial score (nSPS) is 12.1. The number of aryl methyl sites for hydroxylation is 3. The number of azo groups is 1. The summed E-state index contributed by atoms with van der Waals surface area (Å²) in [5.41, 5.74) is 9.20. The standard InChI is InChI=1S/C21H35N5S2/c1-15-12-13-17(14-16(15)2)10-8-9-11-18(27)23-24-19(28)22-21(6,7)26-25-20(3,4)5/h12-14H,8-11H2,1-7H3,(H,23,27)(H2,22,24,28). The number of nitrogens with zero attached hydrogens (tertiary/aromatic N) is 2. The molecule has 0 spiro atoms. The molecule has 0 saturated heterocycles. The van der Waals surface area contributed by atoms with Crippen LogP contribution < -0.4 is 16.2 Å². The zero-order chi connectivity index (χ0) is 21.4. The lowest BCUT2D eigenvalue weighted by molar-refractivity contribution is 0.413. The van der Waals surface area contributed by atoms with Gasteiger partial charge in [0.1, 0.15) is 5.66 Å². The number of benzene rings is 1. The fraction of sp³-hybridized carbons (Fsp3) is 0.619. The predicted octanol–water partition coefficient (Wildman–Crippen LogP) is 5.30. The van der Waals surface area contributed by atoms with Crippen molar-refractivity contribution in [2.75, 3.05) is 0 Å². The molecule has 0 radical (unpaired) electrons. The van der Waals surface area contributed by atoms with Gasteiger partial charge in [0.15, 0.2) is 5.11 Å². The van der Waals surface area contributed by atoms with Gasteiger partial charge < -0.3 is 5.32 Å². The second-order valence-corrected chi connectivity index (χ2v) is 9.58. The molecule has 0 heterocycles. The van der Waals surface area contributed by atoms with Crippen molar-refractivity contribution < 1.29 is 0 Å². The van der Waals surface area contributed by atoms with E-state index in [1.165, 1.54) is 16.7 Å². The summed E-state index contributed by atoms with van der Waals surface area (Å²) in [5.74, 6) is 0. The summed E-state index contributed by atoms with van der Waals surface area (Å²) in [6.45, 7) is 14.1. The second kappa shape index (κ2) is 10.8. The van der Waals surface area contributed by atoms with Crippen LogP contribution in [-0.4, -0.2) is 21.3 Å². The molecule has 1 rings (SSSR count). The fourth-order valence-corrected chi connectivity index (χ4v) is 2.87. The first-order valence-corrected chi connectivity index (χ1v) is 10.6. The lowest BCUT2D eigenvalue weighted by Crippen LogP contribution is -2.52. The van der Waals surface area contributed by atoms with Crippen LogP contribution in [0.1, 0.15) is 70.6 Å². The zero-order valence-electron chi connectivity index (χ0n) is 18.3. The summed E-state index contributed by atoms with van der Waals surface area (Å²) in [5, 5.41) is 12.2. The quantitative estimate of drug-likeness (QED) is 0.241. The molecule has 0 aliphatic heterocycles. The second-order valence-electron chi connectivity index (χ2n) is 8.68. The van der Waals surface area contributed by atoms with Crippen LogP contribution >= 0.6 is 24.4 Å². The van der Waals surface area contributed by atoms with Gasteiger partial charge >= 0.3 is 0 Å². The van der Waals surface area contributed by atoms with Gasteiger partial charge in [-0.05, 0) is 103 Å². The van der Waals surface area contributed by atoms with Gasteiger partial charge in [-0.3, -0.25) is 10.9 Å². The SMILES string of the molecule is Cc1ccc(CCCCC(=S)NNC(=S)NC(C)(C)N=NC(C)(C)C)cc1C. The number of hydrazine groups is 1. The van der Waals surface area contributed by atoms with E-state index in [0.717, 1.165) is 30.7 Å². The molecule has 5 nitrogen and oxygen atoms in total. The van der Waals surface area contributed by atoms with E-state index in [1.807, 2.05) is 34.6 Å². The van der Waals surface area contributed by atoms with Crippen molar-refractivity contribution in [2.45, 2.75) is 85.4 Å². The van der Waals surface area contributed by atoms with E-state index in [1.54, 1.807) is 0 Å². The minimum Gasteiger partial charge on any atom is -0.336 e. The van der Waals surface area contributed by atoms with Crippen molar-refractivity contribution in [2.24, 2.45) is 10.2 Å². The van der Waals surface area contributed by atoms with Crippen LogP contribution in [0.4, 0.5) is 0 Å². The van der Waals surface area contributed by atoms with Gasteiger partial charge in [-0.15, -0.1) is 0 Å². The maximum absolute atomic E-state index is 5.38. The molecule has 0 atom stereocenters. The number of rotatable bonds is 7. The Bertz CT molecular complexity index is 705. The number of nitrogens with one attached hydrogen (secondary N) is 3. The highest BCUT2D eigenvalue weighted by Gasteiger charge is 2.19. The highest BCUT2D eigenvalue weighted by atomic mass is 32.1. The van der Waals surface area contributed by atoms with Gasteiger partial charge in [-0.25, -0.2) is 0 Å². The minimum atomic E-state index is -0.590. The van der Waals surface area contributed by atoms with E-state index in [2.05, 4.69) is 58.4 Å². The van der Waals surface area contributed by atoms with Crippen molar-refractivity contribution in [1.29, 1.82) is 0 Å². The van der Waals surface area contributed by atoms with Crippen LogP contribution in [0.2, 0.25) is 0 Å². The van der Waals surface area contributed by atoms with E-state index in [4.69, 9.17) is 24.4 Å². The maximum Gasteiger partial charge on any atom is 0.187 e. The van der Waals surface area contributed by atoms with Crippen LogP contribution in [0.5, 0.6) is 0 Å². The lowest BCUT2D eigenvalue weighted by Gasteiger charge is -2.24. The van der Waals surface area contributed by atoms with Crippen LogP contribution in [-0.2, 0) is 6.42 Å². The Balaban J connectivity index is 2.27. The van der Waals surface area contributed by atoms with E-state index in [9.17, 15) is 0 Å². The Morgan fingerprint density at radius 2 is 1.61 bits per heavy atom. The van der Waals surface area contributed by atoms with E-state index >= 15 is 0 Å². The first-order valence-electron chi connectivity index (χ1n) is 9.75. The topological polar surface area (TPSA) is 60.8 Å². The number of hydrogen-bond acceptors (Lipinski definition) is 4. The Labute approximate surface area is 181 Å². The monoisotopic (exact) mass is 421 g/mol. The molecule has 0 aliphatic carbocycles. The zero-order valence-corrected chi connectivity index (χ0v) is 19.9. The largest absolute Gasteiger partial charge is 0.336 e. The third kappa shape index (κ3) is 10.7. The molecule has 0 aromatic heterocycles. The van der Waals surface area contributed by atoms with Gasteiger partial charge in [0, 0.05) is 0 Å². The lowest BCUT2D eigenvalue weighted by atomic mass is 10.0. The highest BCUT2D eigenvalue weighted by molar-refractivity contribution is 7.80. The summed E-state index contributed by atoms with van der Waals surface area (Å²) >= 11 is 10.7. The van der Waals surface area contributed by atoms with Gasteiger partial charge in [0.05, 0.1) is 10.5 Å². The molecule has 0 amide bonds. The summed E-state index contributed by atoms with van der Waals surface area (Å²) in [7, 11) is 0. The Hall–Kier alpha value is -1.60. The number of unbranched alkanes of at least 4 members (excludes halogenated alkanes) is 1. The van der Waals surface area contributed by atoms with E-state index < -0.39 is 5.66 Å². The van der Waals surface area contributed by atoms with Gasteiger partial charge in [0.2, 0.25) is 0 Å². The summed E-state index contributed by atoms with van der Waals surface area (Å²) in [6.07, 6.45) is 4.03. The molecule has 0 fully saturated rings. The van der Waals surface area contributed by atoms with Crippen LogP contribution in [0.15, 0.2) is 28.4 Å². The van der Waals surface area contributed by atoms with E-state index in [-0.39, 0.29) is 5.54 Å². The minimum absolute atomic E-state index is 0.217. The van der Waals surface area contributed by atoms with Crippen LogP contribution in [0.25, 0.3) is 0 Å². The molecule has 1 aromatic rings. The Morgan fingerprint density at radius 1 is 0.929 bits per heavy atom. The van der Waals surface area contributed by atoms with Crippen LogP contribution in [0, 0.1) is 13.8 Å². The van der Waals surface area contributed by atoms with Crippen molar-refractivity contribution in [3.63, 3.8) is 0 Å². The van der Waals surface area contributed by atoms with Crippen molar-refractivity contribution in [3.05, 3.63) is 34.9 Å². The van der Waals surface area contributed by atoms with Crippen LogP contribution in [0.3, 0.4) is 0 Å². The molecular formula is C21H35N5S2. The van der Waals surface area contributed by atoms with Crippen molar-refractivity contribution >= 4 is 34.5 Å².